The highest BCUT2D eigenvalue weighted by atomic mass is 14.7. The lowest BCUT2D eigenvalue weighted by Gasteiger charge is -2.33. The van der Waals surface area contributed by atoms with Gasteiger partial charge in [-0.05, 0) is 85.3 Å². The Morgan fingerprint density at radius 3 is 1.41 bits per heavy atom. The van der Waals surface area contributed by atoms with Crippen LogP contribution >= 0.6 is 0 Å². The third-order valence-corrected chi connectivity index (χ3v) is 8.64. The minimum Gasteiger partial charge on any atom is -0.253 e. The third-order valence-electron chi connectivity index (χ3n) is 8.64. The molecule has 0 saturated carbocycles. The van der Waals surface area contributed by atoms with Crippen LogP contribution in [0.25, 0.3) is 33.6 Å². The smallest absolute Gasteiger partial charge is 0.0705 e. The topological polar surface area (TPSA) is 25.8 Å². The van der Waals surface area contributed by atoms with Gasteiger partial charge >= 0.3 is 0 Å². The summed E-state index contributed by atoms with van der Waals surface area (Å²) in [4.78, 5) is 9.79. The van der Waals surface area contributed by atoms with E-state index >= 15 is 0 Å². The summed E-state index contributed by atoms with van der Waals surface area (Å²) >= 11 is 0. The fraction of sp³-hybridized carbons (Fsp3) is 0.405. The Labute approximate surface area is 236 Å². The second kappa shape index (κ2) is 12.3. The van der Waals surface area contributed by atoms with E-state index in [0.717, 1.165) is 22.8 Å². The van der Waals surface area contributed by atoms with E-state index in [1.807, 2.05) is 0 Å². The number of unbranched alkanes of at least 4 members (excludes halogenated alkanes) is 6. The maximum atomic E-state index is 4.89. The molecule has 1 aliphatic carbocycles. The Morgan fingerprint density at radius 2 is 1.00 bits per heavy atom. The van der Waals surface area contributed by atoms with Gasteiger partial charge in [-0.25, -0.2) is 0 Å². The van der Waals surface area contributed by atoms with E-state index in [1.54, 1.807) is 0 Å². The molecule has 2 aromatic carbocycles. The molecular formula is C37H44N2. The number of fused-ring (bicyclic) bond motifs is 3. The summed E-state index contributed by atoms with van der Waals surface area (Å²) in [5, 5.41) is 0. The Kier molecular flexibility index (Phi) is 8.60. The highest BCUT2D eigenvalue weighted by Crippen LogP contribution is 2.55. The van der Waals surface area contributed by atoms with Crippen LogP contribution in [0.1, 0.15) is 101 Å². The largest absolute Gasteiger partial charge is 0.253 e. The minimum absolute atomic E-state index is 0.0336. The van der Waals surface area contributed by atoms with Crippen LogP contribution in [0, 0.1) is 13.8 Å². The third kappa shape index (κ3) is 5.71. The molecule has 0 unspecified atom stereocenters. The Bertz CT molecular complexity index is 1310. The summed E-state index contributed by atoms with van der Waals surface area (Å²) in [5.74, 6) is 0. The molecule has 0 saturated heterocycles. The molecular weight excluding hydrogens is 472 g/mol. The van der Waals surface area contributed by atoms with E-state index in [1.165, 1.54) is 97.6 Å². The van der Waals surface area contributed by atoms with Crippen LogP contribution in [0.4, 0.5) is 0 Å². The van der Waals surface area contributed by atoms with Gasteiger partial charge in [-0.1, -0.05) is 102 Å². The molecule has 2 heteroatoms. The standard InChI is InChI=1S/C37H44N2/c1-5-7-9-11-23-37(24-12-10-8-6-2)33-25-29(35-17-13-15-27(3)38-35)19-21-31(33)32-22-20-30(26-34(32)37)36-18-14-16-28(4)39-36/h13-22,25-26H,5-12,23-24H2,1-4H3. The first-order valence-corrected chi connectivity index (χ1v) is 15.2. The molecule has 2 nitrogen and oxygen atoms in total. The van der Waals surface area contributed by atoms with Gasteiger partial charge in [0.05, 0.1) is 11.4 Å². The first-order valence-electron chi connectivity index (χ1n) is 15.2. The van der Waals surface area contributed by atoms with Gasteiger partial charge < -0.3 is 0 Å². The maximum Gasteiger partial charge on any atom is 0.0705 e. The predicted molar refractivity (Wildman–Crippen MR) is 166 cm³/mol. The second-order valence-corrected chi connectivity index (χ2v) is 11.6. The number of benzene rings is 2. The van der Waals surface area contributed by atoms with Crippen LogP contribution in [-0.2, 0) is 5.41 Å². The van der Waals surface area contributed by atoms with Crippen LogP contribution in [0.5, 0.6) is 0 Å². The SMILES string of the molecule is CCCCCCC1(CCCCCC)c2cc(-c3cccc(C)n3)ccc2-c2ccc(-c3cccc(C)n3)cc21. The van der Waals surface area contributed by atoms with Crippen molar-refractivity contribution in [2.45, 2.75) is 97.3 Å². The molecule has 0 fully saturated rings. The average Bonchev–Trinajstić information content (AvgIpc) is 3.22. The van der Waals surface area contributed by atoms with E-state index in [0.29, 0.717) is 0 Å². The number of hydrogen-bond acceptors (Lipinski definition) is 2. The summed E-state index contributed by atoms with van der Waals surface area (Å²) < 4.78 is 0. The zero-order valence-electron chi connectivity index (χ0n) is 24.4. The van der Waals surface area contributed by atoms with E-state index in [4.69, 9.17) is 9.97 Å². The monoisotopic (exact) mass is 516 g/mol. The fourth-order valence-electron chi connectivity index (χ4n) is 6.59. The molecule has 0 bridgehead atoms. The Hall–Kier alpha value is -3.26. The van der Waals surface area contributed by atoms with Crippen molar-refractivity contribution in [2.75, 3.05) is 0 Å². The summed E-state index contributed by atoms with van der Waals surface area (Å²) in [5.41, 5.74) is 12.6. The fourth-order valence-corrected chi connectivity index (χ4v) is 6.59. The zero-order valence-corrected chi connectivity index (χ0v) is 24.4. The summed E-state index contributed by atoms with van der Waals surface area (Å²) in [6.45, 7) is 8.78. The molecule has 0 spiro atoms. The number of hydrogen-bond donors (Lipinski definition) is 0. The highest BCUT2D eigenvalue weighted by molar-refractivity contribution is 5.85. The molecule has 0 atom stereocenters. The second-order valence-electron chi connectivity index (χ2n) is 11.6. The minimum atomic E-state index is 0.0336. The highest BCUT2D eigenvalue weighted by Gasteiger charge is 2.42. The number of pyridine rings is 2. The molecule has 2 heterocycles. The predicted octanol–water partition coefficient (Wildman–Crippen LogP) is 10.6. The van der Waals surface area contributed by atoms with Crippen molar-refractivity contribution in [3.63, 3.8) is 0 Å². The molecule has 1 aliphatic rings. The van der Waals surface area contributed by atoms with Gasteiger partial charge in [-0.15, -0.1) is 0 Å². The molecule has 5 rings (SSSR count). The van der Waals surface area contributed by atoms with Gasteiger partial charge in [0.1, 0.15) is 0 Å². The zero-order chi connectivity index (χ0) is 27.2. The van der Waals surface area contributed by atoms with Crippen LogP contribution in [0.2, 0.25) is 0 Å². The molecule has 2 aromatic heterocycles. The van der Waals surface area contributed by atoms with Crippen molar-refractivity contribution < 1.29 is 0 Å². The molecule has 0 amide bonds. The van der Waals surface area contributed by atoms with Crippen molar-refractivity contribution in [1.29, 1.82) is 0 Å². The normalized spacial score (nSPS) is 13.3. The van der Waals surface area contributed by atoms with Gasteiger partial charge in [-0.2, -0.15) is 0 Å². The quantitative estimate of drug-likeness (QED) is 0.175. The maximum absolute atomic E-state index is 4.89. The van der Waals surface area contributed by atoms with Crippen LogP contribution in [0.3, 0.4) is 0 Å². The number of rotatable bonds is 12. The van der Waals surface area contributed by atoms with Crippen molar-refractivity contribution in [3.05, 3.63) is 95.3 Å². The van der Waals surface area contributed by atoms with Crippen molar-refractivity contribution in [1.82, 2.24) is 9.97 Å². The van der Waals surface area contributed by atoms with Gasteiger partial charge in [0.25, 0.3) is 0 Å². The molecule has 0 N–H and O–H groups in total. The van der Waals surface area contributed by atoms with Crippen LogP contribution < -0.4 is 0 Å². The molecule has 39 heavy (non-hydrogen) atoms. The van der Waals surface area contributed by atoms with Crippen LogP contribution in [0.15, 0.2) is 72.8 Å². The van der Waals surface area contributed by atoms with Gasteiger partial charge in [0.15, 0.2) is 0 Å². The van der Waals surface area contributed by atoms with Crippen LogP contribution in [-0.4, -0.2) is 9.97 Å². The van der Waals surface area contributed by atoms with Gasteiger partial charge in [0, 0.05) is 27.9 Å². The summed E-state index contributed by atoms with van der Waals surface area (Å²) in [6, 6.07) is 27.0. The number of nitrogens with zero attached hydrogens (tertiary/aromatic N) is 2. The number of aromatic nitrogens is 2. The van der Waals surface area contributed by atoms with Crippen molar-refractivity contribution >= 4 is 0 Å². The van der Waals surface area contributed by atoms with Gasteiger partial charge in [0.2, 0.25) is 0 Å². The first-order chi connectivity index (χ1) is 19.1. The molecule has 202 valence electrons. The van der Waals surface area contributed by atoms with E-state index in [9.17, 15) is 0 Å². The molecule has 4 aromatic rings. The Morgan fingerprint density at radius 1 is 0.538 bits per heavy atom. The summed E-state index contributed by atoms with van der Waals surface area (Å²) in [6.07, 6.45) is 12.7. The van der Waals surface area contributed by atoms with Crippen molar-refractivity contribution in [3.8, 4) is 33.6 Å². The van der Waals surface area contributed by atoms with E-state index < -0.39 is 0 Å². The average molecular weight is 517 g/mol. The van der Waals surface area contributed by atoms with Crippen molar-refractivity contribution in [2.24, 2.45) is 0 Å². The first kappa shape index (κ1) is 27.3. The van der Waals surface area contributed by atoms with E-state index in [-0.39, 0.29) is 5.41 Å². The Balaban J connectivity index is 1.66. The number of aryl methyl sites for hydroxylation is 2. The van der Waals surface area contributed by atoms with Gasteiger partial charge in [-0.3, -0.25) is 9.97 Å². The lowest BCUT2D eigenvalue weighted by molar-refractivity contribution is 0.401. The lowest BCUT2D eigenvalue weighted by Crippen LogP contribution is -2.25. The van der Waals surface area contributed by atoms with E-state index in [2.05, 4.69) is 100 Å². The molecule has 0 radical (unpaired) electrons. The lowest BCUT2D eigenvalue weighted by atomic mass is 9.70. The molecule has 0 aliphatic heterocycles. The summed E-state index contributed by atoms with van der Waals surface area (Å²) in [7, 11) is 0.